The Morgan fingerprint density at radius 2 is 1.71 bits per heavy atom. The van der Waals surface area contributed by atoms with Crippen LogP contribution in [0.2, 0.25) is 0 Å². The van der Waals surface area contributed by atoms with Crippen LogP contribution in [0.15, 0.2) is 114 Å². The highest BCUT2D eigenvalue weighted by molar-refractivity contribution is 6.03. The van der Waals surface area contributed by atoms with E-state index in [0.717, 1.165) is 53.2 Å². The number of nitro groups is 1. The summed E-state index contributed by atoms with van der Waals surface area (Å²) in [5.41, 5.74) is 2.58. The van der Waals surface area contributed by atoms with Gasteiger partial charge in [0.1, 0.15) is 28.9 Å². The van der Waals surface area contributed by atoms with Gasteiger partial charge in [-0.1, -0.05) is 78.7 Å². The number of aliphatic hydroxyl groups excluding tert-OH is 2. The molecule has 13 heteroatoms. The summed E-state index contributed by atoms with van der Waals surface area (Å²) in [5, 5.41) is 38.5. The second-order valence-corrected chi connectivity index (χ2v) is 17.6. The molecule has 6 atom stereocenters. The maximum atomic E-state index is 14.5. The zero-order valence-corrected chi connectivity index (χ0v) is 36.6. The van der Waals surface area contributed by atoms with Crippen molar-refractivity contribution in [2.24, 2.45) is 22.9 Å². The van der Waals surface area contributed by atoms with Crippen molar-refractivity contribution in [3.8, 4) is 17.2 Å². The average molecular weight is 862 g/mol. The Bertz CT molecular complexity index is 2330. The van der Waals surface area contributed by atoms with Gasteiger partial charge in [-0.2, -0.15) is 0 Å². The standard InChI is InChI=1S/C50H59N3O10/c1-6-27-60-50-45(52(48(56)59-5)32-35-18-13-17-33-15-7-8-21-39(33)35)31-43(51-63-49(2,3)4)41-28-34(16-9-11-25-54)40(22-10-12-26-55)46(47(41)50)42-30-38(23-24-44(42)62-50)61-37-20-14-19-36(29-37)53(57)58/h6-8,13-15,17-21,23-24,28-30,34,40,45-47,54-55H,1,9-12,16,22,25-27,31-32H2,2-5H3. The molecule has 0 bridgehead atoms. The Hall–Kier alpha value is -5.76. The molecule has 2 N–H and O–H groups in total. The number of unbranched alkanes of at least 4 members (excludes halogenated alkanes) is 2. The summed E-state index contributed by atoms with van der Waals surface area (Å²) in [6, 6.07) is 24.9. The third kappa shape index (κ3) is 9.75. The molecule has 1 saturated carbocycles. The Morgan fingerprint density at radius 1 is 0.984 bits per heavy atom. The van der Waals surface area contributed by atoms with E-state index in [2.05, 4.69) is 12.7 Å². The van der Waals surface area contributed by atoms with Crippen LogP contribution in [0.1, 0.15) is 82.8 Å². The van der Waals surface area contributed by atoms with E-state index in [1.54, 1.807) is 29.2 Å². The SMILES string of the molecule is C=CCOC12Oc3ccc(Oc4cccc([N+](=O)[O-])c4)cc3C3C(CCCCO)C(CCCCO)C=C(C(=NOC(C)(C)C)CC1N(Cc1cccc4ccccc14)C(=O)OC)C32. The minimum atomic E-state index is -1.51. The van der Waals surface area contributed by atoms with Crippen molar-refractivity contribution < 1.29 is 43.7 Å². The number of carbonyl (C=O) groups excluding carboxylic acids is 1. The Balaban J connectivity index is 1.47. The van der Waals surface area contributed by atoms with E-state index in [-0.39, 0.29) is 56.2 Å². The molecule has 7 rings (SSSR count). The first kappa shape index (κ1) is 45.3. The van der Waals surface area contributed by atoms with E-state index in [1.165, 1.54) is 19.2 Å². The maximum absolute atomic E-state index is 14.5. The molecule has 334 valence electrons. The highest BCUT2D eigenvalue weighted by atomic mass is 16.7. The number of hydrogen-bond donors (Lipinski definition) is 2. The van der Waals surface area contributed by atoms with E-state index in [1.807, 2.05) is 75.4 Å². The lowest BCUT2D eigenvalue weighted by atomic mass is 9.55. The molecule has 4 aromatic rings. The summed E-state index contributed by atoms with van der Waals surface area (Å²) >= 11 is 0. The normalized spacial score (nSPS) is 23.2. The number of methoxy groups -OCH3 is 1. The molecule has 0 saturated heterocycles. The smallest absolute Gasteiger partial charge is 0.410 e. The van der Waals surface area contributed by atoms with E-state index in [4.69, 9.17) is 28.9 Å². The molecule has 6 unspecified atom stereocenters. The van der Waals surface area contributed by atoms with Crippen LogP contribution >= 0.6 is 0 Å². The van der Waals surface area contributed by atoms with Crippen LogP contribution in [0.25, 0.3) is 10.8 Å². The van der Waals surface area contributed by atoms with Crippen molar-refractivity contribution in [3.63, 3.8) is 0 Å². The topological polar surface area (TPSA) is 162 Å². The zero-order chi connectivity index (χ0) is 44.7. The van der Waals surface area contributed by atoms with E-state index in [0.29, 0.717) is 35.8 Å². The third-order valence-electron chi connectivity index (χ3n) is 12.3. The molecule has 13 nitrogen and oxygen atoms in total. The van der Waals surface area contributed by atoms with Crippen molar-refractivity contribution in [1.29, 1.82) is 0 Å². The quantitative estimate of drug-likeness (QED) is 0.0426. The zero-order valence-electron chi connectivity index (χ0n) is 36.6. The lowest BCUT2D eigenvalue weighted by Crippen LogP contribution is -2.70. The van der Waals surface area contributed by atoms with Crippen LogP contribution < -0.4 is 9.47 Å². The van der Waals surface area contributed by atoms with E-state index >= 15 is 0 Å². The molecule has 3 aliphatic rings. The number of oxime groups is 1. The average Bonchev–Trinajstić information content (AvgIpc) is 3.27. The van der Waals surface area contributed by atoms with E-state index < -0.39 is 34.4 Å². The van der Waals surface area contributed by atoms with Gasteiger partial charge in [0.2, 0.25) is 5.79 Å². The summed E-state index contributed by atoms with van der Waals surface area (Å²) in [6.45, 7) is 10.2. The molecule has 0 radical (unpaired) electrons. The van der Waals surface area contributed by atoms with Gasteiger partial charge < -0.3 is 34.0 Å². The Labute approximate surface area is 369 Å². The number of nitrogens with zero attached hydrogens (tertiary/aromatic N) is 3. The number of allylic oxidation sites excluding steroid dienone is 1. The fourth-order valence-electron chi connectivity index (χ4n) is 9.73. The van der Waals surface area contributed by atoms with Crippen molar-refractivity contribution in [2.45, 2.75) is 95.6 Å². The molecule has 1 fully saturated rings. The van der Waals surface area contributed by atoms with Crippen molar-refractivity contribution in [3.05, 3.63) is 130 Å². The number of rotatable bonds is 18. The first-order chi connectivity index (χ1) is 30.4. The predicted molar refractivity (Wildman–Crippen MR) is 241 cm³/mol. The molecule has 1 aliphatic heterocycles. The third-order valence-corrected chi connectivity index (χ3v) is 12.3. The van der Waals surface area contributed by atoms with Crippen LogP contribution in [-0.2, 0) is 20.9 Å². The highest BCUT2D eigenvalue weighted by Gasteiger charge is 2.65. The van der Waals surface area contributed by atoms with Crippen LogP contribution in [-0.4, -0.2) is 76.2 Å². The second kappa shape index (κ2) is 19.7. The monoisotopic (exact) mass is 861 g/mol. The van der Waals surface area contributed by atoms with Crippen LogP contribution in [0, 0.1) is 27.9 Å². The largest absolute Gasteiger partial charge is 0.459 e. The van der Waals surface area contributed by atoms with E-state index in [9.17, 15) is 25.1 Å². The maximum Gasteiger partial charge on any atom is 0.410 e. The van der Waals surface area contributed by atoms with Crippen molar-refractivity contribution in [2.75, 3.05) is 26.9 Å². The number of amides is 1. The molecule has 1 heterocycles. The summed E-state index contributed by atoms with van der Waals surface area (Å²) in [6.07, 6.45) is 7.91. The van der Waals surface area contributed by atoms with Gasteiger partial charge in [-0.15, -0.1) is 6.58 Å². The first-order valence-corrected chi connectivity index (χ1v) is 21.9. The summed E-state index contributed by atoms with van der Waals surface area (Å²) in [5.74, 6) is -1.09. The number of carbonyl (C=O) groups is 1. The number of non-ortho nitro benzene ring substituents is 1. The minimum absolute atomic E-state index is 0.0136. The lowest BCUT2D eigenvalue weighted by molar-refractivity contribution is -0.384. The predicted octanol–water partition coefficient (Wildman–Crippen LogP) is 10.2. The molecule has 1 amide bonds. The molecule has 0 aromatic heterocycles. The van der Waals surface area contributed by atoms with Gasteiger partial charge in [-0.3, -0.25) is 15.0 Å². The summed E-state index contributed by atoms with van der Waals surface area (Å²) in [7, 11) is 1.37. The second-order valence-electron chi connectivity index (χ2n) is 17.6. The molecule has 2 aliphatic carbocycles. The fourth-order valence-corrected chi connectivity index (χ4v) is 9.73. The van der Waals surface area contributed by atoms with Gasteiger partial charge in [0.05, 0.1) is 42.9 Å². The number of ether oxygens (including phenoxy) is 4. The lowest BCUT2D eigenvalue weighted by Gasteiger charge is -2.60. The molecular formula is C50H59N3O10. The highest BCUT2D eigenvalue weighted by Crippen LogP contribution is 2.62. The minimum Gasteiger partial charge on any atom is -0.459 e. The molecular weight excluding hydrogens is 803 g/mol. The van der Waals surface area contributed by atoms with Gasteiger partial charge in [-0.05, 0) is 104 Å². The van der Waals surface area contributed by atoms with Crippen molar-refractivity contribution >= 4 is 28.3 Å². The Morgan fingerprint density at radius 3 is 2.44 bits per heavy atom. The van der Waals surface area contributed by atoms with Crippen LogP contribution in [0.4, 0.5) is 10.5 Å². The number of nitro benzene ring substituents is 1. The molecule has 63 heavy (non-hydrogen) atoms. The Kier molecular flexibility index (Phi) is 14.2. The summed E-state index contributed by atoms with van der Waals surface area (Å²) < 4.78 is 26.4. The molecule has 0 spiro atoms. The van der Waals surface area contributed by atoms with Crippen LogP contribution in [0.3, 0.4) is 0 Å². The number of aliphatic hydroxyl groups is 2. The van der Waals surface area contributed by atoms with Gasteiger partial charge in [0.25, 0.3) is 5.69 Å². The summed E-state index contributed by atoms with van der Waals surface area (Å²) in [4.78, 5) is 33.6. The fraction of sp³-hybridized carbons (Fsp3) is 0.440. The number of benzene rings is 4. The van der Waals surface area contributed by atoms with Gasteiger partial charge >= 0.3 is 6.09 Å². The first-order valence-electron chi connectivity index (χ1n) is 21.9. The number of hydrogen-bond acceptors (Lipinski definition) is 11. The molecule has 4 aromatic carbocycles. The van der Waals surface area contributed by atoms with Gasteiger partial charge in [0.15, 0.2) is 0 Å². The van der Waals surface area contributed by atoms with Gasteiger partial charge in [-0.25, -0.2) is 4.79 Å². The van der Waals surface area contributed by atoms with Crippen LogP contribution in [0.5, 0.6) is 17.2 Å². The van der Waals surface area contributed by atoms with Crippen molar-refractivity contribution in [1.82, 2.24) is 4.90 Å². The van der Waals surface area contributed by atoms with Gasteiger partial charge in [0, 0.05) is 37.2 Å². The number of fused-ring (bicyclic) bond motifs is 3.